The molecule has 1 heterocycles. The standard InChI is InChI=1S/C14H17N3OS/c1-9-6-7-13(19-9)10(2)16-14(18)17-12-5-3-4-11(15)8-12/h3-8,10H,15H2,1-2H3,(H2,16,17,18). The number of aryl methyl sites for hydroxylation is 1. The third kappa shape index (κ3) is 3.72. The molecule has 4 nitrogen and oxygen atoms in total. The minimum absolute atomic E-state index is 0.0141. The van der Waals surface area contributed by atoms with E-state index in [9.17, 15) is 4.79 Å². The summed E-state index contributed by atoms with van der Waals surface area (Å²) >= 11 is 1.68. The maximum absolute atomic E-state index is 11.9. The van der Waals surface area contributed by atoms with Gasteiger partial charge in [-0.1, -0.05) is 6.07 Å². The molecule has 5 heteroatoms. The highest BCUT2D eigenvalue weighted by atomic mass is 32.1. The average Bonchev–Trinajstić information content (AvgIpc) is 2.75. The normalized spacial score (nSPS) is 11.9. The largest absolute Gasteiger partial charge is 0.399 e. The predicted octanol–water partition coefficient (Wildman–Crippen LogP) is 3.52. The molecule has 19 heavy (non-hydrogen) atoms. The van der Waals surface area contributed by atoms with Crippen LogP contribution < -0.4 is 16.4 Å². The second-order valence-corrected chi connectivity index (χ2v) is 5.71. The Bertz CT molecular complexity index is 580. The van der Waals surface area contributed by atoms with Gasteiger partial charge in [-0.25, -0.2) is 4.79 Å². The number of anilines is 2. The molecule has 4 N–H and O–H groups in total. The molecule has 0 bridgehead atoms. The van der Waals surface area contributed by atoms with Gasteiger partial charge in [-0.15, -0.1) is 11.3 Å². The van der Waals surface area contributed by atoms with E-state index < -0.39 is 0 Å². The number of benzene rings is 1. The van der Waals surface area contributed by atoms with E-state index in [4.69, 9.17) is 5.73 Å². The summed E-state index contributed by atoms with van der Waals surface area (Å²) in [7, 11) is 0. The molecule has 1 unspecified atom stereocenters. The van der Waals surface area contributed by atoms with E-state index in [1.165, 1.54) is 4.88 Å². The zero-order valence-electron chi connectivity index (χ0n) is 10.9. The van der Waals surface area contributed by atoms with Crippen molar-refractivity contribution in [1.29, 1.82) is 0 Å². The Morgan fingerprint density at radius 1 is 1.32 bits per heavy atom. The Labute approximate surface area is 116 Å². The van der Waals surface area contributed by atoms with Crippen LogP contribution in [0.25, 0.3) is 0 Å². The third-order valence-electron chi connectivity index (χ3n) is 2.68. The fraction of sp³-hybridized carbons (Fsp3) is 0.214. The highest BCUT2D eigenvalue weighted by molar-refractivity contribution is 7.12. The van der Waals surface area contributed by atoms with Crippen molar-refractivity contribution in [3.05, 3.63) is 46.2 Å². The number of rotatable bonds is 3. The van der Waals surface area contributed by atoms with E-state index in [0.29, 0.717) is 11.4 Å². The molecule has 1 atom stereocenters. The van der Waals surface area contributed by atoms with Crippen LogP contribution in [-0.2, 0) is 0 Å². The van der Waals surface area contributed by atoms with Crippen molar-refractivity contribution in [2.24, 2.45) is 0 Å². The first-order valence-corrected chi connectivity index (χ1v) is 6.85. The fourth-order valence-electron chi connectivity index (χ4n) is 1.74. The van der Waals surface area contributed by atoms with Crippen LogP contribution in [0.2, 0.25) is 0 Å². The van der Waals surface area contributed by atoms with Gasteiger partial charge in [-0.2, -0.15) is 0 Å². The summed E-state index contributed by atoms with van der Waals surface area (Å²) in [6, 6.07) is 10.9. The Morgan fingerprint density at radius 2 is 2.11 bits per heavy atom. The van der Waals surface area contributed by atoms with Gasteiger partial charge in [0, 0.05) is 21.1 Å². The lowest BCUT2D eigenvalue weighted by Gasteiger charge is -2.13. The molecule has 100 valence electrons. The summed E-state index contributed by atoms with van der Waals surface area (Å²) < 4.78 is 0. The second-order valence-electron chi connectivity index (χ2n) is 4.39. The van der Waals surface area contributed by atoms with Crippen LogP contribution in [0.15, 0.2) is 36.4 Å². The van der Waals surface area contributed by atoms with Crippen molar-refractivity contribution >= 4 is 28.7 Å². The van der Waals surface area contributed by atoms with Crippen LogP contribution in [-0.4, -0.2) is 6.03 Å². The molecular formula is C14H17N3OS. The van der Waals surface area contributed by atoms with Crippen LogP contribution in [0.1, 0.15) is 22.7 Å². The SMILES string of the molecule is Cc1ccc(C(C)NC(=O)Nc2cccc(N)c2)s1. The molecule has 0 spiro atoms. The van der Waals surface area contributed by atoms with Gasteiger partial charge < -0.3 is 16.4 Å². The number of thiophene rings is 1. The van der Waals surface area contributed by atoms with Gasteiger partial charge in [0.15, 0.2) is 0 Å². The average molecular weight is 275 g/mol. The molecular weight excluding hydrogens is 258 g/mol. The molecule has 0 fully saturated rings. The molecule has 1 aromatic carbocycles. The molecule has 2 amide bonds. The number of nitrogens with one attached hydrogen (secondary N) is 2. The van der Waals surface area contributed by atoms with Crippen molar-refractivity contribution in [2.45, 2.75) is 19.9 Å². The smallest absolute Gasteiger partial charge is 0.319 e. The Morgan fingerprint density at radius 3 is 2.74 bits per heavy atom. The third-order valence-corrected chi connectivity index (χ3v) is 3.86. The lowest BCUT2D eigenvalue weighted by Crippen LogP contribution is -2.30. The van der Waals surface area contributed by atoms with Crippen LogP contribution >= 0.6 is 11.3 Å². The Kier molecular flexibility index (Phi) is 4.06. The van der Waals surface area contributed by atoms with E-state index in [1.807, 2.05) is 26.0 Å². The molecule has 0 aliphatic heterocycles. The van der Waals surface area contributed by atoms with Crippen LogP contribution in [0.5, 0.6) is 0 Å². The first-order valence-electron chi connectivity index (χ1n) is 6.04. The van der Waals surface area contributed by atoms with Gasteiger partial charge in [0.05, 0.1) is 6.04 Å². The molecule has 0 radical (unpaired) electrons. The topological polar surface area (TPSA) is 67.2 Å². The molecule has 2 rings (SSSR count). The summed E-state index contributed by atoms with van der Waals surface area (Å²) in [6.07, 6.45) is 0. The minimum atomic E-state index is -0.232. The molecule has 1 aromatic heterocycles. The molecule has 0 saturated heterocycles. The molecule has 0 saturated carbocycles. The van der Waals surface area contributed by atoms with Crippen molar-refractivity contribution in [1.82, 2.24) is 5.32 Å². The van der Waals surface area contributed by atoms with Crippen molar-refractivity contribution in [2.75, 3.05) is 11.1 Å². The van der Waals surface area contributed by atoms with Crippen molar-refractivity contribution in [3.63, 3.8) is 0 Å². The van der Waals surface area contributed by atoms with Crippen molar-refractivity contribution in [3.8, 4) is 0 Å². The lowest BCUT2D eigenvalue weighted by atomic mass is 10.2. The highest BCUT2D eigenvalue weighted by Gasteiger charge is 2.11. The summed E-state index contributed by atoms with van der Waals surface area (Å²) in [4.78, 5) is 14.2. The first kappa shape index (κ1) is 13.4. The van der Waals surface area contributed by atoms with Gasteiger partial charge in [0.1, 0.15) is 0 Å². The predicted molar refractivity (Wildman–Crippen MR) is 80.5 cm³/mol. The fourth-order valence-corrected chi connectivity index (χ4v) is 2.62. The molecule has 2 aromatic rings. The maximum Gasteiger partial charge on any atom is 0.319 e. The van der Waals surface area contributed by atoms with Gasteiger partial charge in [-0.3, -0.25) is 0 Å². The number of amides is 2. The first-order chi connectivity index (χ1) is 9.04. The van der Waals surface area contributed by atoms with Gasteiger partial charge in [0.2, 0.25) is 0 Å². The van der Waals surface area contributed by atoms with E-state index in [2.05, 4.69) is 10.6 Å². The van der Waals surface area contributed by atoms with Gasteiger partial charge in [-0.05, 0) is 44.2 Å². The molecule has 0 aliphatic rings. The highest BCUT2D eigenvalue weighted by Crippen LogP contribution is 2.22. The minimum Gasteiger partial charge on any atom is -0.399 e. The van der Waals surface area contributed by atoms with Crippen LogP contribution in [0.3, 0.4) is 0 Å². The molecule has 0 aliphatic carbocycles. The quantitative estimate of drug-likeness (QED) is 0.750. The van der Waals surface area contributed by atoms with E-state index in [1.54, 1.807) is 35.6 Å². The van der Waals surface area contributed by atoms with E-state index in [0.717, 1.165) is 4.88 Å². The maximum atomic E-state index is 11.9. The Hall–Kier alpha value is -2.01. The number of urea groups is 1. The zero-order chi connectivity index (χ0) is 13.8. The Balaban J connectivity index is 1.94. The summed E-state index contributed by atoms with van der Waals surface area (Å²) in [6.45, 7) is 4.01. The number of nitrogen functional groups attached to an aromatic ring is 1. The van der Waals surface area contributed by atoms with Crippen molar-refractivity contribution < 1.29 is 4.79 Å². The van der Waals surface area contributed by atoms with Crippen LogP contribution in [0, 0.1) is 6.92 Å². The number of carbonyl (C=O) groups excluding carboxylic acids is 1. The summed E-state index contributed by atoms with van der Waals surface area (Å²) in [5.41, 5.74) is 6.97. The van der Waals surface area contributed by atoms with E-state index >= 15 is 0 Å². The number of hydrogen-bond acceptors (Lipinski definition) is 3. The van der Waals surface area contributed by atoms with Crippen LogP contribution in [0.4, 0.5) is 16.2 Å². The number of nitrogens with two attached hydrogens (primary N) is 1. The van der Waals surface area contributed by atoms with Gasteiger partial charge in [0.25, 0.3) is 0 Å². The zero-order valence-corrected chi connectivity index (χ0v) is 11.8. The second kappa shape index (κ2) is 5.75. The van der Waals surface area contributed by atoms with E-state index in [-0.39, 0.29) is 12.1 Å². The summed E-state index contributed by atoms with van der Waals surface area (Å²) in [5.74, 6) is 0. The monoisotopic (exact) mass is 275 g/mol. The van der Waals surface area contributed by atoms with Gasteiger partial charge >= 0.3 is 6.03 Å². The number of hydrogen-bond donors (Lipinski definition) is 3. The lowest BCUT2D eigenvalue weighted by molar-refractivity contribution is 0.249. The summed E-state index contributed by atoms with van der Waals surface area (Å²) in [5, 5.41) is 5.66. The number of carbonyl (C=O) groups is 1.